The molecule has 0 aliphatic carbocycles. The van der Waals surface area contributed by atoms with Crippen LogP contribution in [-0.4, -0.2) is 44.9 Å². The number of carbonyl (C=O) groups is 1. The van der Waals surface area contributed by atoms with Crippen LogP contribution in [-0.2, 0) is 0 Å². The zero-order chi connectivity index (χ0) is 21.8. The molecule has 0 unspecified atom stereocenters. The predicted molar refractivity (Wildman–Crippen MR) is 123 cm³/mol. The van der Waals surface area contributed by atoms with E-state index >= 15 is 0 Å². The molecule has 3 heterocycles. The van der Waals surface area contributed by atoms with Crippen LogP contribution in [0.15, 0.2) is 55.0 Å². The standard InChI is InChI=1S/C24H26ClN5O/c1-16-6-8-19(20(13-16)23-26-10-4-11-27-23)24(31)30-12-3-5-17(2)21(30)15-29-22-9-7-18(25)14-28-22/h4,6-11,13-14,17,21H,3,5,12,15H2,1-2H3,(H,28,29)/t17-,21-/m1/s1. The first-order valence-corrected chi connectivity index (χ1v) is 10.9. The van der Waals surface area contributed by atoms with Gasteiger partial charge in [0.15, 0.2) is 5.82 Å². The molecule has 1 N–H and O–H groups in total. The third-order valence-electron chi connectivity index (χ3n) is 5.81. The first-order chi connectivity index (χ1) is 15.0. The number of pyridine rings is 1. The summed E-state index contributed by atoms with van der Waals surface area (Å²) in [5.74, 6) is 1.71. The minimum atomic E-state index is 0.0184. The Kier molecular flexibility index (Phi) is 6.47. The van der Waals surface area contributed by atoms with Crippen LogP contribution < -0.4 is 5.32 Å². The Morgan fingerprint density at radius 2 is 2.00 bits per heavy atom. The summed E-state index contributed by atoms with van der Waals surface area (Å²) in [6, 6.07) is 11.4. The quantitative estimate of drug-likeness (QED) is 0.620. The van der Waals surface area contributed by atoms with Gasteiger partial charge in [-0.25, -0.2) is 15.0 Å². The van der Waals surface area contributed by atoms with Crippen LogP contribution in [0.4, 0.5) is 5.82 Å². The number of aromatic nitrogens is 3. The smallest absolute Gasteiger partial charge is 0.254 e. The number of halogens is 1. The van der Waals surface area contributed by atoms with Crippen molar-refractivity contribution in [2.24, 2.45) is 5.92 Å². The Morgan fingerprint density at radius 1 is 1.19 bits per heavy atom. The van der Waals surface area contributed by atoms with Crippen LogP contribution in [0.2, 0.25) is 5.02 Å². The second-order valence-corrected chi connectivity index (χ2v) is 8.49. The summed E-state index contributed by atoms with van der Waals surface area (Å²) >= 11 is 5.94. The van der Waals surface area contributed by atoms with Gasteiger partial charge in [0.05, 0.1) is 16.6 Å². The Balaban J connectivity index is 1.61. The molecule has 2 atom stereocenters. The zero-order valence-electron chi connectivity index (χ0n) is 17.8. The average Bonchev–Trinajstić information content (AvgIpc) is 2.79. The Hall–Kier alpha value is -2.99. The molecule has 3 aromatic rings. The van der Waals surface area contributed by atoms with E-state index in [0.29, 0.717) is 28.9 Å². The highest BCUT2D eigenvalue weighted by Gasteiger charge is 2.33. The number of benzene rings is 1. The first kappa shape index (κ1) is 21.2. The molecule has 0 saturated carbocycles. The maximum absolute atomic E-state index is 13.7. The number of amides is 1. The lowest BCUT2D eigenvalue weighted by atomic mass is 9.89. The van der Waals surface area contributed by atoms with Gasteiger partial charge in [-0.3, -0.25) is 4.79 Å². The molecule has 31 heavy (non-hydrogen) atoms. The number of nitrogens with zero attached hydrogens (tertiary/aromatic N) is 4. The second-order valence-electron chi connectivity index (χ2n) is 8.05. The van der Waals surface area contributed by atoms with Crippen LogP contribution in [0.3, 0.4) is 0 Å². The topological polar surface area (TPSA) is 71.0 Å². The van der Waals surface area contributed by atoms with E-state index in [9.17, 15) is 4.79 Å². The number of piperidine rings is 1. The lowest BCUT2D eigenvalue weighted by Crippen LogP contribution is -2.51. The third kappa shape index (κ3) is 4.85. The number of rotatable bonds is 5. The molecule has 0 radical (unpaired) electrons. The average molecular weight is 436 g/mol. The lowest BCUT2D eigenvalue weighted by molar-refractivity contribution is 0.0540. The second kappa shape index (κ2) is 9.43. The summed E-state index contributed by atoms with van der Waals surface area (Å²) < 4.78 is 0. The molecule has 2 aromatic heterocycles. The number of nitrogens with one attached hydrogen (secondary N) is 1. The summed E-state index contributed by atoms with van der Waals surface area (Å²) in [7, 11) is 0. The van der Waals surface area contributed by atoms with E-state index in [2.05, 4.69) is 27.2 Å². The van der Waals surface area contributed by atoms with Crippen molar-refractivity contribution in [1.82, 2.24) is 19.9 Å². The maximum Gasteiger partial charge on any atom is 0.254 e. The van der Waals surface area contributed by atoms with Gasteiger partial charge in [-0.1, -0.05) is 30.2 Å². The molecule has 1 aromatic carbocycles. The minimum Gasteiger partial charge on any atom is -0.368 e. The Morgan fingerprint density at radius 3 is 2.74 bits per heavy atom. The number of carbonyl (C=O) groups excluding carboxylic acids is 1. The fraction of sp³-hybridized carbons (Fsp3) is 0.333. The first-order valence-electron chi connectivity index (χ1n) is 10.6. The van der Waals surface area contributed by atoms with Crippen LogP contribution in [0.5, 0.6) is 0 Å². The summed E-state index contributed by atoms with van der Waals surface area (Å²) in [5, 5.41) is 3.98. The molecule has 0 spiro atoms. The van der Waals surface area contributed by atoms with E-state index in [1.54, 1.807) is 24.7 Å². The van der Waals surface area contributed by atoms with Gasteiger partial charge in [-0.2, -0.15) is 0 Å². The highest BCUT2D eigenvalue weighted by Crippen LogP contribution is 2.29. The summed E-state index contributed by atoms with van der Waals surface area (Å²) in [4.78, 5) is 28.8. The molecule has 7 heteroatoms. The van der Waals surface area contributed by atoms with Gasteiger partial charge in [0, 0.05) is 37.2 Å². The van der Waals surface area contributed by atoms with Crippen LogP contribution in [0.25, 0.3) is 11.4 Å². The molecule has 1 fully saturated rings. The molecular weight excluding hydrogens is 410 g/mol. The van der Waals surface area contributed by atoms with Crippen molar-refractivity contribution in [3.05, 3.63) is 71.1 Å². The van der Waals surface area contributed by atoms with Crippen LogP contribution in [0, 0.1) is 12.8 Å². The van der Waals surface area contributed by atoms with Crippen molar-refractivity contribution in [1.29, 1.82) is 0 Å². The highest BCUT2D eigenvalue weighted by atomic mass is 35.5. The monoisotopic (exact) mass is 435 g/mol. The van der Waals surface area contributed by atoms with Gasteiger partial charge in [0.1, 0.15) is 5.82 Å². The molecule has 0 bridgehead atoms. The van der Waals surface area contributed by atoms with Crippen molar-refractivity contribution in [3.8, 4) is 11.4 Å². The molecule has 1 aliphatic heterocycles. The third-order valence-corrected chi connectivity index (χ3v) is 6.03. The van der Waals surface area contributed by atoms with E-state index in [1.807, 2.05) is 42.2 Å². The number of hydrogen-bond donors (Lipinski definition) is 1. The number of likely N-dealkylation sites (tertiary alicyclic amines) is 1. The molecule has 1 saturated heterocycles. The van der Waals surface area contributed by atoms with Crippen molar-refractivity contribution >= 4 is 23.3 Å². The van der Waals surface area contributed by atoms with Gasteiger partial charge in [0.25, 0.3) is 5.91 Å². The predicted octanol–water partition coefficient (Wildman–Crippen LogP) is 4.85. The SMILES string of the molecule is Cc1ccc(C(=O)N2CCC[C@@H](C)[C@H]2CNc2ccc(Cl)cn2)c(-c2ncccn2)c1. The number of hydrogen-bond acceptors (Lipinski definition) is 5. The van der Waals surface area contributed by atoms with E-state index in [0.717, 1.165) is 36.3 Å². The summed E-state index contributed by atoms with van der Waals surface area (Å²) in [6.07, 6.45) is 7.11. The van der Waals surface area contributed by atoms with E-state index < -0.39 is 0 Å². The zero-order valence-corrected chi connectivity index (χ0v) is 18.5. The minimum absolute atomic E-state index is 0.0184. The Labute approximate surface area is 187 Å². The summed E-state index contributed by atoms with van der Waals surface area (Å²) in [6.45, 7) is 5.57. The fourth-order valence-electron chi connectivity index (χ4n) is 4.12. The largest absolute Gasteiger partial charge is 0.368 e. The normalized spacial score (nSPS) is 18.6. The van der Waals surface area contributed by atoms with Gasteiger partial charge in [-0.05, 0) is 56.0 Å². The Bertz CT molecular complexity index is 1040. The van der Waals surface area contributed by atoms with Crippen molar-refractivity contribution in [2.75, 3.05) is 18.4 Å². The van der Waals surface area contributed by atoms with E-state index in [1.165, 1.54) is 0 Å². The maximum atomic E-state index is 13.7. The van der Waals surface area contributed by atoms with Gasteiger partial charge in [-0.15, -0.1) is 0 Å². The molecule has 6 nitrogen and oxygen atoms in total. The van der Waals surface area contributed by atoms with Crippen molar-refractivity contribution in [3.63, 3.8) is 0 Å². The molecule has 1 amide bonds. The van der Waals surface area contributed by atoms with Crippen LogP contribution >= 0.6 is 11.6 Å². The molecule has 1 aliphatic rings. The molecule has 4 rings (SSSR count). The van der Waals surface area contributed by atoms with Gasteiger partial charge in [0.2, 0.25) is 0 Å². The van der Waals surface area contributed by atoms with E-state index in [-0.39, 0.29) is 11.9 Å². The van der Waals surface area contributed by atoms with Crippen molar-refractivity contribution < 1.29 is 4.79 Å². The highest BCUT2D eigenvalue weighted by molar-refractivity contribution is 6.30. The number of anilines is 1. The van der Waals surface area contributed by atoms with Gasteiger partial charge < -0.3 is 10.2 Å². The van der Waals surface area contributed by atoms with Gasteiger partial charge >= 0.3 is 0 Å². The molecule has 160 valence electrons. The van der Waals surface area contributed by atoms with E-state index in [4.69, 9.17) is 11.6 Å². The molecular formula is C24H26ClN5O. The fourth-order valence-corrected chi connectivity index (χ4v) is 4.24. The lowest BCUT2D eigenvalue weighted by Gasteiger charge is -2.40. The van der Waals surface area contributed by atoms with Crippen molar-refractivity contribution in [2.45, 2.75) is 32.7 Å². The van der Waals surface area contributed by atoms with Crippen LogP contribution in [0.1, 0.15) is 35.7 Å². The number of aryl methyl sites for hydroxylation is 1. The summed E-state index contributed by atoms with van der Waals surface area (Å²) in [5.41, 5.74) is 2.48.